The minimum absolute atomic E-state index is 0.0520. The number of ether oxygens (including phenoxy) is 1. The number of carbonyl (C=O) groups excluding carboxylic acids is 1. The Labute approximate surface area is 133 Å². The van der Waals surface area contributed by atoms with Crippen molar-refractivity contribution >= 4 is 17.5 Å². The number of fused-ring (bicyclic) bond motifs is 1. The van der Waals surface area contributed by atoms with Gasteiger partial charge < -0.3 is 10.1 Å². The standard InChI is InChI=1S/C15H17ClN4O2/c1-9(2)17-15(21)14-12-8-22-13(7-20(12)19-18-14)10-3-5-11(16)6-4-10/h3-6,9,13H,7-8H2,1-2H3,(H,17,21). The fourth-order valence-corrected chi connectivity index (χ4v) is 2.52. The Hall–Kier alpha value is -1.92. The molecule has 1 aromatic heterocycles. The average molecular weight is 321 g/mol. The molecule has 0 saturated heterocycles. The van der Waals surface area contributed by atoms with Crippen LogP contribution in [-0.2, 0) is 17.9 Å². The van der Waals surface area contributed by atoms with E-state index in [2.05, 4.69) is 15.6 Å². The molecule has 1 aliphatic heterocycles. The van der Waals surface area contributed by atoms with E-state index in [0.717, 1.165) is 5.56 Å². The third-order valence-corrected chi connectivity index (χ3v) is 3.73. The molecule has 3 rings (SSSR count). The molecule has 1 aromatic carbocycles. The zero-order valence-electron chi connectivity index (χ0n) is 12.4. The Morgan fingerprint density at radius 3 is 2.82 bits per heavy atom. The summed E-state index contributed by atoms with van der Waals surface area (Å²) in [5.41, 5.74) is 2.07. The molecular weight excluding hydrogens is 304 g/mol. The van der Waals surface area contributed by atoms with Gasteiger partial charge in [0.1, 0.15) is 6.10 Å². The SMILES string of the molecule is CC(C)NC(=O)c1nnn2c1COC(c1ccc(Cl)cc1)C2. The lowest BCUT2D eigenvalue weighted by atomic mass is 10.1. The molecule has 1 amide bonds. The van der Waals surface area contributed by atoms with Crippen LogP contribution < -0.4 is 5.32 Å². The highest BCUT2D eigenvalue weighted by molar-refractivity contribution is 6.30. The van der Waals surface area contributed by atoms with Crippen LogP contribution in [0.4, 0.5) is 0 Å². The van der Waals surface area contributed by atoms with Crippen LogP contribution in [-0.4, -0.2) is 26.9 Å². The first-order valence-electron chi connectivity index (χ1n) is 7.15. The van der Waals surface area contributed by atoms with Gasteiger partial charge in [0.05, 0.1) is 18.8 Å². The molecule has 0 radical (unpaired) electrons. The second-order valence-corrected chi connectivity index (χ2v) is 5.98. The number of aromatic nitrogens is 3. The largest absolute Gasteiger partial charge is 0.365 e. The summed E-state index contributed by atoms with van der Waals surface area (Å²) in [4.78, 5) is 12.1. The first kappa shape index (κ1) is 15.0. The van der Waals surface area contributed by atoms with E-state index >= 15 is 0 Å². The van der Waals surface area contributed by atoms with Crippen LogP contribution in [0.1, 0.15) is 41.7 Å². The number of halogens is 1. The van der Waals surface area contributed by atoms with Crippen LogP contribution in [0.25, 0.3) is 0 Å². The van der Waals surface area contributed by atoms with Crippen molar-refractivity contribution in [1.82, 2.24) is 20.3 Å². The minimum Gasteiger partial charge on any atom is -0.365 e. The van der Waals surface area contributed by atoms with Gasteiger partial charge in [-0.1, -0.05) is 28.9 Å². The molecule has 1 unspecified atom stereocenters. The monoisotopic (exact) mass is 320 g/mol. The molecule has 6 nitrogen and oxygen atoms in total. The zero-order valence-corrected chi connectivity index (χ0v) is 13.2. The lowest BCUT2D eigenvalue weighted by Crippen LogP contribution is -2.32. The van der Waals surface area contributed by atoms with Gasteiger partial charge in [0.15, 0.2) is 5.69 Å². The van der Waals surface area contributed by atoms with Crippen molar-refractivity contribution in [3.63, 3.8) is 0 Å². The van der Waals surface area contributed by atoms with Crippen molar-refractivity contribution in [3.8, 4) is 0 Å². The first-order chi connectivity index (χ1) is 10.5. The van der Waals surface area contributed by atoms with Crippen molar-refractivity contribution in [2.24, 2.45) is 0 Å². The van der Waals surface area contributed by atoms with Crippen LogP contribution in [0.5, 0.6) is 0 Å². The van der Waals surface area contributed by atoms with Crippen LogP contribution in [0.2, 0.25) is 5.02 Å². The summed E-state index contributed by atoms with van der Waals surface area (Å²) in [7, 11) is 0. The van der Waals surface area contributed by atoms with Gasteiger partial charge in [-0.15, -0.1) is 5.10 Å². The molecule has 0 fully saturated rings. The predicted octanol–water partition coefficient (Wildman–Crippen LogP) is 2.34. The van der Waals surface area contributed by atoms with E-state index in [4.69, 9.17) is 16.3 Å². The van der Waals surface area contributed by atoms with E-state index in [0.29, 0.717) is 29.6 Å². The number of carbonyl (C=O) groups is 1. The molecule has 0 bridgehead atoms. The number of hydrogen-bond donors (Lipinski definition) is 1. The highest BCUT2D eigenvalue weighted by atomic mass is 35.5. The van der Waals surface area contributed by atoms with Crippen LogP contribution in [0.15, 0.2) is 24.3 Å². The molecule has 0 aliphatic carbocycles. The Balaban J connectivity index is 1.79. The molecule has 22 heavy (non-hydrogen) atoms. The average Bonchev–Trinajstić information content (AvgIpc) is 2.90. The molecule has 1 atom stereocenters. The van der Waals surface area contributed by atoms with Crippen molar-refractivity contribution in [1.29, 1.82) is 0 Å². The molecule has 7 heteroatoms. The summed E-state index contributed by atoms with van der Waals surface area (Å²) < 4.78 is 7.59. The Morgan fingerprint density at radius 1 is 1.41 bits per heavy atom. The van der Waals surface area contributed by atoms with E-state index in [-0.39, 0.29) is 18.1 Å². The van der Waals surface area contributed by atoms with Crippen molar-refractivity contribution in [2.75, 3.05) is 0 Å². The summed E-state index contributed by atoms with van der Waals surface area (Å²) in [5, 5.41) is 11.6. The first-order valence-corrected chi connectivity index (χ1v) is 7.52. The maximum Gasteiger partial charge on any atom is 0.274 e. The third kappa shape index (κ3) is 2.98. The second kappa shape index (κ2) is 6.06. The van der Waals surface area contributed by atoms with Gasteiger partial charge in [-0.25, -0.2) is 4.68 Å². The number of hydrogen-bond acceptors (Lipinski definition) is 4. The molecule has 2 heterocycles. The van der Waals surface area contributed by atoms with Crippen LogP contribution in [0.3, 0.4) is 0 Å². The smallest absolute Gasteiger partial charge is 0.274 e. The summed E-state index contributed by atoms with van der Waals surface area (Å²) in [5.74, 6) is -0.218. The highest BCUT2D eigenvalue weighted by Gasteiger charge is 2.27. The lowest BCUT2D eigenvalue weighted by molar-refractivity contribution is -0.00177. The van der Waals surface area contributed by atoms with Crippen molar-refractivity contribution in [2.45, 2.75) is 39.1 Å². The molecule has 0 spiro atoms. The lowest BCUT2D eigenvalue weighted by Gasteiger charge is -2.24. The predicted molar refractivity (Wildman–Crippen MR) is 81.6 cm³/mol. The third-order valence-electron chi connectivity index (χ3n) is 3.47. The molecule has 0 saturated carbocycles. The quantitative estimate of drug-likeness (QED) is 0.942. The fourth-order valence-electron chi connectivity index (χ4n) is 2.40. The summed E-state index contributed by atoms with van der Waals surface area (Å²) in [6, 6.07) is 7.58. The molecule has 1 aliphatic rings. The topological polar surface area (TPSA) is 69.0 Å². The maximum absolute atomic E-state index is 12.1. The number of rotatable bonds is 3. The number of nitrogens with one attached hydrogen (secondary N) is 1. The van der Waals surface area contributed by atoms with E-state index in [1.807, 2.05) is 38.1 Å². The Bertz CT molecular complexity index is 681. The van der Waals surface area contributed by atoms with Gasteiger partial charge in [-0.05, 0) is 31.5 Å². The van der Waals surface area contributed by atoms with Gasteiger partial charge in [-0.2, -0.15) is 0 Å². The van der Waals surface area contributed by atoms with Crippen molar-refractivity contribution in [3.05, 3.63) is 46.2 Å². The van der Waals surface area contributed by atoms with E-state index in [1.165, 1.54) is 0 Å². The molecule has 1 N–H and O–H groups in total. The zero-order chi connectivity index (χ0) is 15.7. The number of benzene rings is 1. The summed E-state index contributed by atoms with van der Waals surface area (Å²) in [6.07, 6.45) is -0.118. The van der Waals surface area contributed by atoms with Gasteiger partial charge in [0.2, 0.25) is 0 Å². The Kier molecular flexibility index (Phi) is 4.13. The minimum atomic E-state index is -0.218. The fraction of sp³-hybridized carbons (Fsp3) is 0.400. The van der Waals surface area contributed by atoms with Gasteiger partial charge in [0, 0.05) is 11.1 Å². The normalized spacial score (nSPS) is 17.4. The van der Waals surface area contributed by atoms with Gasteiger partial charge in [0.25, 0.3) is 5.91 Å². The molecule has 116 valence electrons. The van der Waals surface area contributed by atoms with E-state index in [1.54, 1.807) is 4.68 Å². The second-order valence-electron chi connectivity index (χ2n) is 5.55. The van der Waals surface area contributed by atoms with Gasteiger partial charge in [-0.3, -0.25) is 4.79 Å². The van der Waals surface area contributed by atoms with E-state index < -0.39 is 0 Å². The van der Waals surface area contributed by atoms with Crippen LogP contribution in [0, 0.1) is 0 Å². The van der Waals surface area contributed by atoms with Gasteiger partial charge >= 0.3 is 0 Å². The van der Waals surface area contributed by atoms with Crippen molar-refractivity contribution < 1.29 is 9.53 Å². The summed E-state index contributed by atoms with van der Waals surface area (Å²) >= 11 is 5.90. The maximum atomic E-state index is 12.1. The Morgan fingerprint density at radius 2 is 2.14 bits per heavy atom. The number of nitrogens with zero attached hydrogens (tertiary/aromatic N) is 3. The highest BCUT2D eigenvalue weighted by Crippen LogP contribution is 2.27. The van der Waals surface area contributed by atoms with Crippen LogP contribution >= 0.6 is 11.6 Å². The molecular formula is C15H17ClN4O2. The van der Waals surface area contributed by atoms with E-state index in [9.17, 15) is 4.79 Å². The molecule has 2 aromatic rings. The summed E-state index contributed by atoms with van der Waals surface area (Å²) in [6.45, 7) is 4.64. The number of amides is 1.